The van der Waals surface area contributed by atoms with Crippen molar-refractivity contribution in [3.05, 3.63) is 22.4 Å². The fourth-order valence-corrected chi connectivity index (χ4v) is 4.33. The first-order valence-electron chi connectivity index (χ1n) is 8.27. The first-order chi connectivity index (χ1) is 10.6. The summed E-state index contributed by atoms with van der Waals surface area (Å²) in [4.78, 5) is 19.6. The quantitative estimate of drug-likeness (QED) is 0.831. The Bertz CT molecular complexity index is 492. The zero-order valence-corrected chi connectivity index (χ0v) is 14.6. The third-order valence-electron chi connectivity index (χ3n) is 5.22. The van der Waals surface area contributed by atoms with Crippen molar-refractivity contribution in [2.75, 3.05) is 46.8 Å². The van der Waals surface area contributed by atoms with E-state index < -0.39 is 0 Å². The first-order valence-corrected chi connectivity index (χ1v) is 9.21. The van der Waals surface area contributed by atoms with Crippen LogP contribution in [-0.2, 0) is 11.3 Å². The lowest BCUT2D eigenvalue weighted by Gasteiger charge is -2.38. The Balaban J connectivity index is 1.52. The second kappa shape index (κ2) is 6.69. The predicted molar refractivity (Wildman–Crippen MR) is 91.0 cm³/mol. The van der Waals surface area contributed by atoms with Gasteiger partial charge >= 0.3 is 0 Å². The molecule has 22 heavy (non-hydrogen) atoms. The number of hydrogen-bond acceptors (Lipinski definition) is 4. The molecule has 0 saturated carbocycles. The van der Waals surface area contributed by atoms with E-state index in [-0.39, 0.29) is 5.41 Å². The number of nitrogens with zero attached hydrogens (tertiary/aromatic N) is 3. The van der Waals surface area contributed by atoms with E-state index in [1.807, 2.05) is 0 Å². The minimum atomic E-state index is -0.0442. The molecule has 4 nitrogen and oxygen atoms in total. The summed E-state index contributed by atoms with van der Waals surface area (Å²) in [5.74, 6) is 0.421. The van der Waals surface area contributed by atoms with Gasteiger partial charge in [-0.25, -0.2) is 0 Å². The third kappa shape index (κ3) is 3.36. The van der Waals surface area contributed by atoms with Crippen LogP contribution in [0, 0.1) is 5.41 Å². The molecule has 0 unspecified atom stereocenters. The van der Waals surface area contributed by atoms with Gasteiger partial charge in [-0.2, -0.15) is 11.3 Å². The number of carbonyl (C=O) groups is 1. The summed E-state index contributed by atoms with van der Waals surface area (Å²) >= 11 is 1.76. The fraction of sp³-hybridized carbons (Fsp3) is 0.706. The average Bonchev–Trinajstić information content (AvgIpc) is 3.10. The molecule has 0 atom stereocenters. The van der Waals surface area contributed by atoms with Crippen LogP contribution in [0.1, 0.15) is 24.8 Å². The summed E-state index contributed by atoms with van der Waals surface area (Å²) in [6, 6.07) is 2.21. The van der Waals surface area contributed by atoms with Gasteiger partial charge < -0.3 is 9.80 Å². The van der Waals surface area contributed by atoms with Crippen molar-refractivity contribution in [2.24, 2.45) is 5.41 Å². The lowest BCUT2D eigenvalue weighted by molar-refractivity contribution is -0.138. The Hall–Kier alpha value is -0.910. The van der Waals surface area contributed by atoms with Gasteiger partial charge in [0.15, 0.2) is 0 Å². The maximum atomic E-state index is 12.8. The van der Waals surface area contributed by atoms with E-state index in [1.54, 1.807) is 11.3 Å². The van der Waals surface area contributed by atoms with E-state index in [9.17, 15) is 4.79 Å². The Morgan fingerprint density at radius 3 is 2.59 bits per heavy atom. The van der Waals surface area contributed by atoms with Crippen molar-refractivity contribution >= 4 is 17.2 Å². The van der Waals surface area contributed by atoms with Crippen LogP contribution >= 0.6 is 11.3 Å². The van der Waals surface area contributed by atoms with E-state index >= 15 is 0 Å². The van der Waals surface area contributed by atoms with E-state index in [0.29, 0.717) is 5.91 Å². The standard InChI is InChI=1S/C17H27N3OS/c1-18(2)10-11-20-9-6-17(16(20)21)4-7-19(8-5-17)13-15-3-12-22-14-15/h3,12,14H,4-11,13H2,1-2H3. The normalized spacial score (nSPS) is 22.1. The molecule has 3 heterocycles. The molecule has 2 fully saturated rings. The van der Waals surface area contributed by atoms with Crippen molar-refractivity contribution in [3.63, 3.8) is 0 Å². The van der Waals surface area contributed by atoms with E-state index in [0.717, 1.165) is 58.5 Å². The van der Waals surface area contributed by atoms with Crippen LogP contribution in [0.2, 0.25) is 0 Å². The number of piperidine rings is 1. The van der Waals surface area contributed by atoms with Crippen LogP contribution in [-0.4, -0.2) is 67.4 Å². The molecule has 0 aromatic carbocycles. The monoisotopic (exact) mass is 321 g/mol. The maximum absolute atomic E-state index is 12.8. The highest BCUT2D eigenvalue weighted by Gasteiger charge is 2.47. The molecule has 0 bridgehead atoms. The molecule has 2 aliphatic rings. The number of rotatable bonds is 5. The SMILES string of the molecule is CN(C)CCN1CCC2(CCN(Cc3ccsc3)CC2)C1=O. The molecule has 2 saturated heterocycles. The first kappa shape index (κ1) is 16.0. The van der Waals surface area contributed by atoms with Crippen LogP contribution in [0.3, 0.4) is 0 Å². The minimum Gasteiger partial charge on any atom is -0.341 e. The van der Waals surface area contributed by atoms with E-state index in [2.05, 4.69) is 45.6 Å². The number of hydrogen-bond donors (Lipinski definition) is 0. The van der Waals surface area contributed by atoms with Gasteiger partial charge in [-0.15, -0.1) is 0 Å². The van der Waals surface area contributed by atoms with E-state index in [1.165, 1.54) is 5.56 Å². The summed E-state index contributed by atoms with van der Waals surface area (Å²) in [7, 11) is 4.14. The highest BCUT2D eigenvalue weighted by molar-refractivity contribution is 7.07. The summed E-state index contributed by atoms with van der Waals surface area (Å²) in [6.07, 6.45) is 3.13. The largest absolute Gasteiger partial charge is 0.341 e. The molecular weight excluding hydrogens is 294 g/mol. The average molecular weight is 321 g/mol. The highest BCUT2D eigenvalue weighted by Crippen LogP contribution is 2.41. The molecule has 3 rings (SSSR count). The Labute approximate surface area is 137 Å². The van der Waals surface area contributed by atoms with Gasteiger partial charge in [0.25, 0.3) is 0 Å². The Morgan fingerprint density at radius 1 is 1.23 bits per heavy atom. The van der Waals surface area contributed by atoms with Crippen LogP contribution < -0.4 is 0 Å². The van der Waals surface area contributed by atoms with E-state index in [4.69, 9.17) is 0 Å². The van der Waals surface area contributed by atoms with Crippen molar-refractivity contribution in [3.8, 4) is 0 Å². The zero-order chi connectivity index (χ0) is 15.6. The lowest BCUT2D eigenvalue weighted by Crippen LogP contribution is -2.45. The summed E-state index contributed by atoms with van der Waals surface area (Å²) in [6.45, 7) is 5.96. The number of likely N-dealkylation sites (N-methyl/N-ethyl adjacent to an activating group) is 1. The van der Waals surface area contributed by atoms with Crippen molar-refractivity contribution in [1.29, 1.82) is 0 Å². The predicted octanol–water partition coefficient (Wildman–Crippen LogP) is 2.12. The third-order valence-corrected chi connectivity index (χ3v) is 5.95. The molecule has 5 heteroatoms. The molecule has 0 radical (unpaired) electrons. The second-order valence-corrected chi connectivity index (χ2v) is 7.81. The van der Waals surface area contributed by atoms with Gasteiger partial charge in [-0.3, -0.25) is 9.69 Å². The van der Waals surface area contributed by atoms with Gasteiger partial charge in [0.05, 0.1) is 5.41 Å². The highest BCUT2D eigenvalue weighted by atomic mass is 32.1. The molecule has 1 aromatic rings. The maximum Gasteiger partial charge on any atom is 0.228 e. The Morgan fingerprint density at radius 2 is 1.95 bits per heavy atom. The molecule has 1 spiro atoms. The van der Waals surface area contributed by atoms with Crippen LogP contribution in [0.4, 0.5) is 0 Å². The number of likely N-dealkylation sites (tertiary alicyclic amines) is 2. The number of thiophene rings is 1. The second-order valence-electron chi connectivity index (χ2n) is 7.03. The summed E-state index contributed by atoms with van der Waals surface area (Å²) in [5.41, 5.74) is 1.36. The number of carbonyl (C=O) groups excluding carboxylic acids is 1. The van der Waals surface area contributed by atoms with Gasteiger partial charge in [-0.05, 0) is 68.8 Å². The smallest absolute Gasteiger partial charge is 0.228 e. The van der Waals surface area contributed by atoms with Gasteiger partial charge in [-0.1, -0.05) is 0 Å². The van der Waals surface area contributed by atoms with Crippen LogP contribution in [0.15, 0.2) is 16.8 Å². The minimum absolute atomic E-state index is 0.0442. The topological polar surface area (TPSA) is 26.8 Å². The van der Waals surface area contributed by atoms with Gasteiger partial charge in [0.2, 0.25) is 5.91 Å². The molecule has 0 N–H and O–H groups in total. The van der Waals surface area contributed by atoms with Crippen molar-refractivity contribution in [1.82, 2.24) is 14.7 Å². The van der Waals surface area contributed by atoms with Crippen LogP contribution in [0.5, 0.6) is 0 Å². The molecule has 1 aromatic heterocycles. The zero-order valence-electron chi connectivity index (χ0n) is 13.8. The van der Waals surface area contributed by atoms with Crippen molar-refractivity contribution in [2.45, 2.75) is 25.8 Å². The van der Waals surface area contributed by atoms with Gasteiger partial charge in [0, 0.05) is 26.2 Å². The molecule has 122 valence electrons. The molecule has 1 amide bonds. The Kier molecular flexibility index (Phi) is 4.85. The van der Waals surface area contributed by atoms with Gasteiger partial charge in [0.1, 0.15) is 0 Å². The lowest BCUT2D eigenvalue weighted by atomic mass is 9.77. The summed E-state index contributed by atoms with van der Waals surface area (Å²) < 4.78 is 0. The van der Waals surface area contributed by atoms with Crippen LogP contribution in [0.25, 0.3) is 0 Å². The summed E-state index contributed by atoms with van der Waals surface area (Å²) in [5, 5.41) is 4.37. The van der Waals surface area contributed by atoms with Crippen molar-refractivity contribution < 1.29 is 4.79 Å². The molecular formula is C17H27N3OS. The fourth-order valence-electron chi connectivity index (χ4n) is 3.67. The molecule has 2 aliphatic heterocycles. The number of amides is 1. The molecule has 0 aliphatic carbocycles.